The molecule has 5 rings (SSSR count). The van der Waals surface area contributed by atoms with Gasteiger partial charge in [0, 0.05) is 33.2 Å². The van der Waals surface area contributed by atoms with Crippen molar-refractivity contribution in [3.05, 3.63) is 36.5 Å². The molecule has 0 bridgehead atoms. The zero-order chi connectivity index (χ0) is 22.1. The van der Waals surface area contributed by atoms with Gasteiger partial charge >= 0.3 is 0 Å². The average Bonchev–Trinajstić information content (AvgIpc) is 3.53. The van der Waals surface area contributed by atoms with Crippen molar-refractivity contribution in [1.29, 1.82) is 0 Å². The van der Waals surface area contributed by atoms with Crippen LogP contribution < -0.4 is 10.6 Å². The Morgan fingerprint density at radius 1 is 1.00 bits per heavy atom. The Kier molecular flexibility index (Phi) is 5.51. The molecule has 1 saturated carbocycles. The number of aromatic nitrogens is 4. The Balaban J connectivity index is 0.00000259. The van der Waals surface area contributed by atoms with E-state index in [1.54, 1.807) is 10.5 Å². The van der Waals surface area contributed by atoms with Gasteiger partial charge in [0.2, 0.25) is 15.9 Å². The van der Waals surface area contributed by atoms with E-state index in [2.05, 4.69) is 20.2 Å². The van der Waals surface area contributed by atoms with Crippen molar-refractivity contribution in [3.8, 4) is 23.0 Å². The van der Waals surface area contributed by atoms with E-state index < -0.39 is 10.0 Å². The van der Waals surface area contributed by atoms with E-state index >= 15 is 0 Å². The normalized spacial score (nSPS) is 18.3. The number of anilines is 2. The molecular weight excluding hydrogens is 430 g/mol. The molecule has 2 aromatic heterocycles. The molecule has 11 heteroatoms. The number of nitrogens with zero attached hydrogens (tertiary/aromatic N) is 6. The predicted octanol–water partition coefficient (Wildman–Crippen LogP) is 2.42. The Hall–Kier alpha value is -3.05. The molecule has 0 atom stereocenters. The number of hydrogen-bond acceptors (Lipinski definition) is 9. The maximum Gasteiger partial charge on any atom is 0.270 e. The number of benzene rings is 1. The fourth-order valence-electron chi connectivity index (χ4n) is 4.28. The van der Waals surface area contributed by atoms with Crippen LogP contribution in [0.4, 0.5) is 11.6 Å². The standard InChI is InChI=1S/C21H25N7O3S.H2/c22-19-18(21-26-25-20(31-21)15-6-2-1-3-7-15)24-17(14-23-19)27-10-12-28(13-11-27)32(29,30)16-8-4-5-9-16;/h1-3,6-7,14,16H,4-5,8-13H2,(H2,22,23);1H. The van der Waals surface area contributed by atoms with Gasteiger partial charge in [-0.1, -0.05) is 31.0 Å². The van der Waals surface area contributed by atoms with Crippen LogP contribution in [-0.2, 0) is 10.0 Å². The minimum absolute atomic E-state index is 0. The van der Waals surface area contributed by atoms with Crippen LogP contribution in [0.5, 0.6) is 0 Å². The van der Waals surface area contributed by atoms with E-state index in [0.29, 0.717) is 43.6 Å². The number of hydrogen-bond donors (Lipinski definition) is 1. The van der Waals surface area contributed by atoms with Crippen molar-refractivity contribution < 1.29 is 14.3 Å². The Labute approximate surface area is 188 Å². The lowest BCUT2D eigenvalue weighted by atomic mass is 10.2. The molecule has 10 nitrogen and oxygen atoms in total. The maximum absolute atomic E-state index is 12.9. The largest absolute Gasteiger partial charge is 0.414 e. The first kappa shape index (κ1) is 20.8. The van der Waals surface area contributed by atoms with Crippen LogP contribution in [0.15, 0.2) is 40.9 Å². The van der Waals surface area contributed by atoms with Crippen LogP contribution in [-0.4, -0.2) is 64.3 Å². The molecule has 0 amide bonds. The average molecular weight is 458 g/mol. The SMILES string of the molecule is Nc1ncc(N2CCN(S(=O)(=O)C3CCCC3)CC2)nc1-c1nnc(-c2ccccc2)o1.[HH]. The minimum Gasteiger partial charge on any atom is -0.414 e. The molecule has 2 fully saturated rings. The van der Waals surface area contributed by atoms with Gasteiger partial charge in [-0.2, -0.15) is 4.31 Å². The highest BCUT2D eigenvalue weighted by Crippen LogP contribution is 2.30. The van der Waals surface area contributed by atoms with E-state index in [9.17, 15) is 8.42 Å². The molecule has 0 radical (unpaired) electrons. The Morgan fingerprint density at radius 2 is 1.69 bits per heavy atom. The molecule has 1 aliphatic carbocycles. The van der Waals surface area contributed by atoms with E-state index in [1.807, 2.05) is 35.2 Å². The summed E-state index contributed by atoms with van der Waals surface area (Å²) in [5, 5.41) is 7.96. The number of piperazine rings is 1. The van der Waals surface area contributed by atoms with Crippen molar-refractivity contribution in [3.63, 3.8) is 0 Å². The molecule has 32 heavy (non-hydrogen) atoms. The summed E-state index contributed by atoms with van der Waals surface area (Å²) in [4.78, 5) is 10.9. The van der Waals surface area contributed by atoms with Crippen molar-refractivity contribution >= 4 is 21.7 Å². The quantitative estimate of drug-likeness (QED) is 0.613. The van der Waals surface area contributed by atoms with E-state index in [-0.39, 0.29) is 18.4 Å². The zero-order valence-corrected chi connectivity index (χ0v) is 18.4. The first-order valence-corrected chi connectivity index (χ1v) is 12.3. The summed E-state index contributed by atoms with van der Waals surface area (Å²) in [5.41, 5.74) is 7.16. The van der Waals surface area contributed by atoms with Crippen LogP contribution in [0.25, 0.3) is 23.0 Å². The van der Waals surface area contributed by atoms with Gasteiger partial charge in [-0.3, -0.25) is 0 Å². The second-order valence-corrected chi connectivity index (χ2v) is 10.3. The number of nitrogen functional groups attached to an aromatic ring is 1. The number of nitrogens with two attached hydrogens (primary N) is 1. The summed E-state index contributed by atoms with van der Waals surface area (Å²) in [6.07, 6.45) is 5.12. The highest BCUT2D eigenvalue weighted by Gasteiger charge is 2.36. The minimum atomic E-state index is -3.23. The smallest absolute Gasteiger partial charge is 0.270 e. The van der Waals surface area contributed by atoms with Gasteiger partial charge in [0.25, 0.3) is 5.89 Å². The molecule has 1 aromatic carbocycles. The molecular formula is C21H27N7O3S. The van der Waals surface area contributed by atoms with Crippen molar-refractivity contribution in [2.24, 2.45) is 0 Å². The molecule has 2 aliphatic rings. The first-order chi connectivity index (χ1) is 15.5. The van der Waals surface area contributed by atoms with E-state index in [0.717, 1.165) is 31.2 Å². The lowest BCUT2D eigenvalue weighted by Crippen LogP contribution is -2.51. The van der Waals surface area contributed by atoms with Gasteiger partial charge in [0.1, 0.15) is 5.82 Å². The van der Waals surface area contributed by atoms with Crippen LogP contribution in [0.2, 0.25) is 0 Å². The topological polar surface area (TPSA) is 131 Å². The fourth-order valence-corrected chi connectivity index (χ4v) is 6.31. The highest BCUT2D eigenvalue weighted by molar-refractivity contribution is 7.89. The summed E-state index contributed by atoms with van der Waals surface area (Å²) in [5.74, 6) is 1.36. The van der Waals surface area contributed by atoms with Crippen LogP contribution in [0.3, 0.4) is 0 Å². The van der Waals surface area contributed by atoms with Gasteiger partial charge in [-0.25, -0.2) is 18.4 Å². The second-order valence-electron chi connectivity index (χ2n) is 8.08. The van der Waals surface area contributed by atoms with Gasteiger partial charge in [0.05, 0.1) is 11.4 Å². The summed E-state index contributed by atoms with van der Waals surface area (Å²) < 4.78 is 33.1. The third kappa shape index (κ3) is 3.93. The zero-order valence-electron chi connectivity index (χ0n) is 17.6. The van der Waals surface area contributed by atoms with Crippen LogP contribution in [0, 0.1) is 0 Å². The molecule has 1 saturated heterocycles. The Morgan fingerprint density at radius 3 is 2.41 bits per heavy atom. The molecule has 3 heterocycles. The Bertz CT molecular complexity index is 1190. The third-order valence-corrected chi connectivity index (χ3v) is 8.48. The summed E-state index contributed by atoms with van der Waals surface area (Å²) >= 11 is 0. The number of rotatable bonds is 5. The molecule has 3 aromatic rings. The monoisotopic (exact) mass is 457 g/mol. The van der Waals surface area contributed by atoms with Gasteiger partial charge in [-0.05, 0) is 25.0 Å². The molecule has 0 unspecified atom stereocenters. The summed E-state index contributed by atoms with van der Waals surface area (Å²) in [6, 6.07) is 9.44. The van der Waals surface area contributed by atoms with Crippen LogP contribution in [0.1, 0.15) is 27.1 Å². The summed E-state index contributed by atoms with van der Waals surface area (Å²) in [6.45, 7) is 1.92. The van der Waals surface area contributed by atoms with Gasteiger partial charge < -0.3 is 15.1 Å². The molecule has 0 spiro atoms. The van der Waals surface area contributed by atoms with E-state index in [1.165, 1.54) is 0 Å². The lowest BCUT2D eigenvalue weighted by Gasteiger charge is -2.35. The first-order valence-electron chi connectivity index (χ1n) is 10.8. The third-order valence-electron chi connectivity index (χ3n) is 6.08. The molecule has 170 valence electrons. The van der Waals surface area contributed by atoms with Crippen molar-refractivity contribution in [2.45, 2.75) is 30.9 Å². The van der Waals surface area contributed by atoms with Crippen molar-refractivity contribution in [1.82, 2.24) is 24.5 Å². The van der Waals surface area contributed by atoms with E-state index in [4.69, 9.17) is 10.2 Å². The lowest BCUT2D eigenvalue weighted by molar-refractivity contribution is 0.377. The van der Waals surface area contributed by atoms with Gasteiger partial charge in [0.15, 0.2) is 11.5 Å². The van der Waals surface area contributed by atoms with Gasteiger partial charge in [-0.15, -0.1) is 10.2 Å². The van der Waals surface area contributed by atoms with Crippen LogP contribution >= 0.6 is 0 Å². The fraction of sp³-hybridized carbons (Fsp3) is 0.429. The maximum atomic E-state index is 12.9. The molecule has 2 N–H and O–H groups in total. The summed E-state index contributed by atoms with van der Waals surface area (Å²) in [7, 11) is -3.23. The number of sulfonamides is 1. The second kappa shape index (κ2) is 8.47. The highest BCUT2D eigenvalue weighted by atomic mass is 32.2. The predicted molar refractivity (Wildman–Crippen MR) is 122 cm³/mol. The van der Waals surface area contributed by atoms with Crippen molar-refractivity contribution in [2.75, 3.05) is 36.8 Å². The molecule has 1 aliphatic heterocycles.